The second kappa shape index (κ2) is 5.47. The van der Waals surface area contributed by atoms with Crippen LogP contribution in [0, 0.1) is 17.5 Å². The number of hydrogen-bond acceptors (Lipinski definition) is 2. The molecule has 0 saturated carbocycles. The standard InChI is InChI=1S/C15H13F3N2O2/c16-10-4-5-12(15(18)14(10)17)20-11-3-1-2-8(6-13(21)22)9(11)7-19-20/h4-5,7-8H,1-3,6H2,(H,21,22). The molecule has 1 aromatic heterocycles. The Labute approximate surface area is 124 Å². The summed E-state index contributed by atoms with van der Waals surface area (Å²) in [6, 6.07) is 1.97. The molecule has 4 nitrogen and oxygen atoms in total. The summed E-state index contributed by atoms with van der Waals surface area (Å²) in [5, 5.41) is 13.0. The maximum Gasteiger partial charge on any atom is 0.303 e. The summed E-state index contributed by atoms with van der Waals surface area (Å²) < 4.78 is 41.6. The van der Waals surface area contributed by atoms with E-state index in [0.29, 0.717) is 18.5 Å². The minimum Gasteiger partial charge on any atom is -0.481 e. The van der Waals surface area contributed by atoms with Gasteiger partial charge in [-0.2, -0.15) is 5.10 Å². The Morgan fingerprint density at radius 1 is 1.32 bits per heavy atom. The van der Waals surface area contributed by atoms with E-state index in [9.17, 15) is 18.0 Å². The molecule has 0 aliphatic heterocycles. The fourth-order valence-corrected chi connectivity index (χ4v) is 2.96. The highest BCUT2D eigenvalue weighted by molar-refractivity contribution is 5.68. The summed E-state index contributed by atoms with van der Waals surface area (Å²) in [6.07, 6.45) is 3.50. The van der Waals surface area contributed by atoms with Gasteiger partial charge in [-0.15, -0.1) is 0 Å². The Hall–Kier alpha value is -2.31. The lowest BCUT2D eigenvalue weighted by Gasteiger charge is -2.21. The molecular formula is C15H13F3N2O2. The Bertz CT molecular complexity index is 743. The van der Waals surface area contributed by atoms with Crippen molar-refractivity contribution in [2.75, 3.05) is 0 Å². The maximum absolute atomic E-state index is 13.9. The van der Waals surface area contributed by atoms with Gasteiger partial charge >= 0.3 is 5.97 Å². The van der Waals surface area contributed by atoms with E-state index in [0.717, 1.165) is 24.1 Å². The van der Waals surface area contributed by atoms with Gasteiger partial charge in [0.25, 0.3) is 0 Å². The van der Waals surface area contributed by atoms with Gasteiger partial charge in [0.15, 0.2) is 17.5 Å². The Balaban J connectivity index is 2.06. The monoisotopic (exact) mass is 310 g/mol. The number of carboxylic acids is 1. The molecule has 1 aliphatic rings. The molecule has 0 saturated heterocycles. The zero-order valence-electron chi connectivity index (χ0n) is 11.5. The number of aromatic nitrogens is 2. The van der Waals surface area contributed by atoms with Crippen molar-refractivity contribution < 1.29 is 23.1 Å². The first-order chi connectivity index (χ1) is 10.5. The molecule has 116 valence electrons. The van der Waals surface area contributed by atoms with Crippen LogP contribution in [0.15, 0.2) is 18.3 Å². The van der Waals surface area contributed by atoms with Crippen LogP contribution in [0.2, 0.25) is 0 Å². The summed E-state index contributed by atoms with van der Waals surface area (Å²) in [6.45, 7) is 0. The van der Waals surface area contributed by atoms with E-state index < -0.39 is 23.4 Å². The highest BCUT2D eigenvalue weighted by Gasteiger charge is 2.27. The molecule has 0 bridgehead atoms. The lowest BCUT2D eigenvalue weighted by Crippen LogP contribution is -2.15. The predicted molar refractivity (Wildman–Crippen MR) is 71.4 cm³/mol. The van der Waals surface area contributed by atoms with E-state index in [2.05, 4.69) is 5.10 Å². The third kappa shape index (κ3) is 2.36. The minimum atomic E-state index is -1.54. The van der Waals surface area contributed by atoms with Crippen LogP contribution in [-0.2, 0) is 11.2 Å². The van der Waals surface area contributed by atoms with Gasteiger partial charge in [-0.25, -0.2) is 17.9 Å². The second-order valence-electron chi connectivity index (χ2n) is 5.34. The molecule has 0 spiro atoms. The molecule has 22 heavy (non-hydrogen) atoms. The molecule has 7 heteroatoms. The zero-order valence-corrected chi connectivity index (χ0v) is 11.5. The Morgan fingerprint density at radius 2 is 2.09 bits per heavy atom. The van der Waals surface area contributed by atoms with E-state index in [-0.39, 0.29) is 18.0 Å². The van der Waals surface area contributed by atoms with E-state index in [1.165, 1.54) is 10.9 Å². The third-order valence-corrected chi connectivity index (χ3v) is 3.97. The molecule has 0 radical (unpaired) electrons. The molecule has 2 aromatic rings. The molecule has 1 atom stereocenters. The number of nitrogens with zero attached hydrogens (tertiary/aromatic N) is 2. The maximum atomic E-state index is 13.9. The van der Waals surface area contributed by atoms with E-state index >= 15 is 0 Å². The van der Waals surface area contributed by atoms with Gasteiger partial charge in [-0.05, 0) is 42.9 Å². The smallest absolute Gasteiger partial charge is 0.303 e. The summed E-state index contributed by atoms with van der Waals surface area (Å²) in [5.74, 6) is -5.20. The number of hydrogen-bond donors (Lipinski definition) is 1. The summed E-state index contributed by atoms with van der Waals surface area (Å²) in [4.78, 5) is 10.9. The van der Waals surface area contributed by atoms with Crippen molar-refractivity contribution in [1.29, 1.82) is 0 Å². The number of aliphatic carboxylic acids is 1. The highest BCUT2D eigenvalue weighted by Crippen LogP contribution is 2.35. The summed E-state index contributed by atoms with van der Waals surface area (Å²) >= 11 is 0. The first-order valence-electron chi connectivity index (χ1n) is 6.91. The molecule has 1 aromatic carbocycles. The lowest BCUT2D eigenvalue weighted by atomic mass is 9.85. The van der Waals surface area contributed by atoms with Crippen molar-refractivity contribution in [2.24, 2.45) is 0 Å². The topological polar surface area (TPSA) is 55.1 Å². The molecule has 1 aliphatic carbocycles. The van der Waals surface area contributed by atoms with Crippen LogP contribution in [0.3, 0.4) is 0 Å². The van der Waals surface area contributed by atoms with Crippen LogP contribution < -0.4 is 0 Å². The molecule has 1 unspecified atom stereocenters. The number of rotatable bonds is 3. The average molecular weight is 310 g/mol. The molecule has 1 heterocycles. The molecule has 0 fully saturated rings. The van der Waals surface area contributed by atoms with Gasteiger partial charge in [-0.3, -0.25) is 4.79 Å². The fourth-order valence-electron chi connectivity index (χ4n) is 2.96. The fraction of sp³-hybridized carbons (Fsp3) is 0.333. The zero-order chi connectivity index (χ0) is 15.9. The number of carbonyl (C=O) groups is 1. The molecule has 0 amide bonds. The average Bonchev–Trinajstić information content (AvgIpc) is 2.89. The van der Waals surface area contributed by atoms with Gasteiger partial charge in [0.05, 0.1) is 12.6 Å². The quantitative estimate of drug-likeness (QED) is 0.886. The van der Waals surface area contributed by atoms with Crippen molar-refractivity contribution in [3.05, 3.63) is 47.0 Å². The van der Waals surface area contributed by atoms with Crippen LogP contribution in [0.4, 0.5) is 13.2 Å². The molecule has 1 N–H and O–H groups in total. The van der Waals surface area contributed by atoms with E-state index in [1.807, 2.05) is 0 Å². The third-order valence-electron chi connectivity index (χ3n) is 3.97. The number of fused-ring (bicyclic) bond motifs is 1. The van der Waals surface area contributed by atoms with Crippen LogP contribution in [-0.4, -0.2) is 20.9 Å². The SMILES string of the molecule is O=C(O)CC1CCCc2c1cnn2-c1ccc(F)c(F)c1F. The van der Waals surface area contributed by atoms with Gasteiger partial charge in [0, 0.05) is 5.69 Å². The minimum absolute atomic E-state index is 0.0288. The van der Waals surface area contributed by atoms with E-state index in [4.69, 9.17) is 5.11 Å². The van der Waals surface area contributed by atoms with Gasteiger partial charge in [0.2, 0.25) is 0 Å². The number of carboxylic acid groups (broad SMARTS) is 1. The molecule has 3 rings (SSSR count). The van der Waals surface area contributed by atoms with Crippen molar-refractivity contribution in [3.8, 4) is 5.69 Å². The Morgan fingerprint density at radius 3 is 2.82 bits per heavy atom. The van der Waals surface area contributed by atoms with Gasteiger partial charge in [-0.1, -0.05) is 0 Å². The van der Waals surface area contributed by atoms with Crippen LogP contribution in [0.5, 0.6) is 0 Å². The normalized spacial score (nSPS) is 17.3. The second-order valence-corrected chi connectivity index (χ2v) is 5.34. The first-order valence-corrected chi connectivity index (χ1v) is 6.91. The van der Waals surface area contributed by atoms with Crippen LogP contribution in [0.25, 0.3) is 5.69 Å². The van der Waals surface area contributed by atoms with Crippen LogP contribution in [0.1, 0.15) is 36.4 Å². The van der Waals surface area contributed by atoms with Crippen molar-refractivity contribution in [2.45, 2.75) is 31.6 Å². The van der Waals surface area contributed by atoms with E-state index in [1.54, 1.807) is 0 Å². The summed E-state index contributed by atoms with van der Waals surface area (Å²) in [5.41, 5.74) is 1.22. The Kier molecular flexibility index (Phi) is 3.64. The number of benzene rings is 1. The van der Waals surface area contributed by atoms with Crippen molar-refractivity contribution >= 4 is 5.97 Å². The molecular weight excluding hydrogens is 297 g/mol. The lowest BCUT2D eigenvalue weighted by molar-refractivity contribution is -0.137. The first kappa shape index (κ1) is 14.6. The van der Waals surface area contributed by atoms with Crippen LogP contribution >= 0.6 is 0 Å². The number of halogens is 3. The largest absolute Gasteiger partial charge is 0.481 e. The van der Waals surface area contributed by atoms with Gasteiger partial charge < -0.3 is 5.11 Å². The highest BCUT2D eigenvalue weighted by atomic mass is 19.2. The van der Waals surface area contributed by atoms with Crippen molar-refractivity contribution in [1.82, 2.24) is 9.78 Å². The van der Waals surface area contributed by atoms with Crippen molar-refractivity contribution in [3.63, 3.8) is 0 Å². The van der Waals surface area contributed by atoms with Gasteiger partial charge in [0.1, 0.15) is 5.69 Å². The summed E-state index contributed by atoms with van der Waals surface area (Å²) in [7, 11) is 0. The predicted octanol–water partition coefficient (Wildman–Crippen LogP) is 3.18.